The topological polar surface area (TPSA) is 29.1 Å². The highest BCUT2D eigenvalue weighted by Crippen LogP contribution is 2.33. The Morgan fingerprint density at radius 3 is 2.48 bits per heavy atom. The maximum absolute atomic E-state index is 12.9. The van der Waals surface area contributed by atoms with Crippen LogP contribution in [0.3, 0.4) is 0 Å². The predicted octanol–water partition coefficient (Wildman–Crippen LogP) is 5.37. The van der Waals surface area contributed by atoms with E-state index in [9.17, 15) is 18.0 Å². The van der Waals surface area contributed by atoms with Crippen molar-refractivity contribution in [1.82, 2.24) is 0 Å². The first-order valence-corrected chi connectivity index (χ1v) is 6.89. The van der Waals surface area contributed by atoms with Gasteiger partial charge in [-0.1, -0.05) is 39.7 Å². The van der Waals surface area contributed by atoms with Crippen molar-refractivity contribution in [3.63, 3.8) is 0 Å². The largest absolute Gasteiger partial charge is 0.417 e. The summed E-state index contributed by atoms with van der Waals surface area (Å²) >= 11 is 9.10. The fourth-order valence-corrected chi connectivity index (χ4v) is 2.24. The Morgan fingerprint density at radius 2 is 1.81 bits per heavy atom. The van der Waals surface area contributed by atoms with Crippen LogP contribution in [0.15, 0.2) is 46.9 Å². The van der Waals surface area contributed by atoms with Gasteiger partial charge < -0.3 is 5.32 Å². The van der Waals surface area contributed by atoms with E-state index in [1.807, 2.05) is 0 Å². The maximum Gasteiger partial charge on any atom is 0.417 e. The molecular weight excluding hydrogens is 371 g/mol. The predicted molar refractivity (Wildman–Crippen MR) is 78.5 cm³/mol. The van der Waals surface area contributed by atoms with Crippen LogP contribution in [-0.2, 0) is 6.18 Å². The zero-order valence-corrected chi connectivity index (χ0v) is 12.7. The van der Waals surface area contributed by atoms with Crippen LogP contribution in [0.1, 0.15) is 15.9 Å². The van der Waals surface area contributed by atoms with Crippen molar-refractivity contribution >= 4 is 39.1 Å². The van der Waals surface area contributed by atoms with Crippen molar-refractivity contribution in [2.75, 3.05) is 5.32 Å². The fourth-order valence-electron chi connectivity index (χ4n) is 1.71. The molecule has 0 aliphatic heterocycles. The van der Waals surface area contributed by atoms with Crippen LogP contribution < -0.4 is 5.32 Å². The van der Waals surface area contributed by atoms with Crippen LogP contribution in [-0.4, -0.2) is 5.91 Å². The van der Waals surface area contributed by atoms with E-state index in [1.54, 1.807) is 6.07 Å². The van der Waals surface area contributed by atoms with E-state index in [-0.39, 0.29) is 10.7 Å². The standard InChI is InChI=1S/C14H8BrClF3NO/c15-8-5-6-11(16)12(7-8)20-13(21)9-3-1-2-4-10(9)14(17,18)19/h1-7H,(H,20,21). The summed E-state index contributed by atoms with van der Waals surface area (Å²) in [6.07, 6.45) is -4.60. The molecule has 7 heteroatoms. The second-order valence-electron chi connectivity index (χ2n) is 4.12. The first-order chi connectivity index (χ1) is 9.79. The van der Waals surface area contributed by atoms with Crippen LogP contribution in [0.25, 0.3) is 0 Å². The van der Waals surface area contributed by atoms with E-state index in [0.717, 1.165) is 12.1 Å². The van der Waals surface area contributed by atoms with Gasteiger partial charge in [0.15, 0.2) is 0 Å². The van der Waals surface area contributed by atoms with Gasteiger partial charge in [-0.2, -0.15) is 13.2 Å². The van der Waals surface area contributed by atoms with Crippen LogP contribution in [0, 0.1) is 0 Å². The lowest BCUT2D eigenvalue weighted by Gasteiger charge is -2.13. The summed E-state index contributed by atoms with van der Waals surface area (Å²) in [6, 6.07) is 9.26. The second-order valence-corrected chi connectivity index (χ2v) is 5.44. The van der Waals surface area contributed by atoms with Crippen molar-refractivity contribution in [2.45, 2.75) is 6.18 Å². The summed E-state index contributed by atoms with van der Waals surface area (Å²) in [5.41, 5.74) is -1.22. The fraction of sp³-hybridized carbons (Fsp3) is 0.0714. The highest BCUT2D eigenvalue weighted by Gasteiger charge is 2.34. The molecule has 0 aliphatic carbocycles. The number of anilines is 1. The Morgan fingerprint density at radius 1 is 1.14 bits per heavy atom. The first-order valence-electron chi connectivity index (χ1n) is 5.71. The lowest BCUT2D eigenvalue weighted by Crippen LogP contribution is -2.18. The maximum atomic E-state index is 12.9. The Kier molecular flexibility index (Phi) is 4.58. The van der Waals surface area contributed by atoms with Crippen LogP contribution in [0.2, 0.25) is 5.02 Å². The zero-order valence-electron chi connectivity index (χ0n) is 10.3. The highest BCUT2D eigenvalue weighted by molar-refractivity contribution is 9.10. The Labute approximate surface area is 132 Å². The summed E-state index contributed by atoms with van der Waals surface area (Å²) in [6.45, 7) is 0. The number of benzene rings is 2. The van der Waals surface area contributed by atoms with Crippen molar-refractivity contribution in [2.24, 2.45) is 0 Å². The third-order valence-corrected chi connectivity index (χ3v) is 3.48. The Hall–Kier alpha value is -1.53. The van der Waals surface area contributed by atoms with Crippen LogP contribution >= 0.6 is 27.5 Å². The number of nitrogens with one attached hydrogen (secondary N) is 1. The van der Waals surface area contributed by atoms with Crippen molar-refractivity contribution in [1.29, 1.82) is 0 Å². The quantitative estimate of drug-likeness (QED) is 0.747. The van der Waals surface area contributed by atoms with Crippen LogP contribution in [0.4, 0.5) is 18.9 Å². The highest BCUT2D eigenvalue weighted by atomic mass is 79.9. The molecule has 0 saturated heterocycles. The number of carbonyl (C=O) groups excluding carboxylic acids is 1. The normalized spacial score (nSPS) is 11.3. The Balaban J connectivity index is 2.36. The number of hydrogen-bond donors (Lipinski definition) is 1. The number of halogens is 5. The van der Waals surface area contributed by atoms with E-state index in [2.05, 4.69) is 21.2 Å². The molecule has 2 rings (SSSR count). The molecule has 0 spiro atoms. The molecule has 110 valence electrons. The molecule has 0 saturated carbocycles. The zero-order chi connectivity index (χ0) is 15.6. The molecule has 0 heterocycles. The van der Waals surface area contributed by atoms with Gasteiger partial charge in [-0.15, -0.1) is 0 Å². The first kappa shape index (κ1) is 15.9. The van der Waals surface area contributed by atoms with E-state index < -0.39 is 23.2 Å². The average Bonchev–Trinajstić information content (AvgIpc) is 2.42. The molecule has 0 bridgehead atoms. The van der Waals surface area contributed by atoms with Gasteiger partial charge in [-0.25, -0.2) is 0 Å². The summed E-state index contributed by atoms with van der Waals surface area (Å²) < 4.78 is 39.3. The smallest absolute Gasteiger partial charge is 0.321 e. The molecule has 2 nitrogen and oxygen atoms in total. The van der Waals surface area contributed by atoms with Gasteiger partial charge in [0, 0.05) is 4.47 Å². The molecule has 0 atom stereocenters. The van der Waals surface area contributed by atoms with Gasteiger partial charge in [0.25, 0.3) is 5.91 Å². The van der Waals surface area contributed by atoms with Crippen molar-refractivity contribution in [3.05, 3.63) is 63.1 Å². The molecule has 2 aromatic carbocycles. The second kappa shape index (κ2) is 6.07. The molecule has 0 radical (unpaired) electrons. The van der Waals surface area contributed by atoms with E-state index in [1.165, 1.54) is 24.3 Å². The van der Waals surface area contributed by atoms with Crippen molar-refractivity contribution < 1.29 is 18.0 Å². The summed E-state index contributed by atoms with van der Waals surface area (Å²) in [5, 5.41) is 2.61. The SMILES string of the molecule is O=C(Nc1cc(Br)ccc1Cl)c1ccccc1C(F)(F)F. The molecule has 1 N–H and O–H groups in total. The minimum absolute atomic E-state index is 0.230. The van der Waals surface area contributed by atoms with Gasteiger partial charge in [0.1, 0.15) is 0 Å². The molecule has 1 amide bonds. The van der Waals surface area contributed by atoms with Crippen LogP contribution in [0.5, 0.6) is 0 Å². The number of hydrogen-bond acceptors (Lipinski definition) is 1. The van der Waals surface area contributed by atoms with Gasteiger partial charge in [-0.05, 0) is 30.3 Å². The summed E-state index contributed by atoms with van der Waals surface area (Å²) in [7, 11) is 0. The average molecular weight is 379 g/mol. The molecule has 0 aliphatic rings. The number of rotatable bonds is 2. The third kappa shape index (κ3) is 3.77. The number of alkyl halides is 3. The van der Waals surface area contributed by atoms with Gasteiger partial charge in [0.05, 0.1) is 21.8 Å². The third-order valence-electron chi connectivity index (χ3n) is 2.65. The summed E-state index contributed by atoms with van der Waals surface area (Å²) in [5.74, 6) is -0.872. The van der Waals surface area contributed by atoms with Gasteiger partial charge >= 0.3 is 6.18 Å². The minimum atomic E-state index is -4.60. The molecular formula is C14H8BrClF3NO. The molecule has 0 aromatic heterocycles. The summed E-state index contributed by atoms with van der Waals surface area (Å²) in [4.78, 5) is 12.1. The van der Waals surface area contributed by atoms with E-state index >= 15 is 0 Å². The van der Waals surface area contributed by atoms with E-state index in [4.69, 9.17) is 11.6 Å². The number of amides is 1. The lowest BCUT2D eigenvalue weighted by atomic mass is 10.1. The monoisotopic (exact) mass is 377 g/mol. The van der Waals surface area contributed by atoms with Gasteiger partial charge in [-0.3, -0.25) is 4.79 Å². The Bertz CT molecular complexity index is 688. The van der Waals surface area contributed by atoms with E-state index in [0.29, 0.717) is 4.47 Å². The molecule has 21 heavy (non-hydrogen) atoms. The lowest BCUT2D eigenvalue weighted by molar-refractivity contribution is -0.137. The molecule has 2 aromatic rings. The van der Waals surface area contributed by atoms with Crippen molar-refractivity contribution in [3.8, 4) is 0 Å². The minimum Gasteiger partial charge on any atom is -0.321 e. The van der Waals surface area contributed by atoms with Gasteiger partial charge in [0.2, 0.25) is 0 Å². The number of carbonyl (C=O) groups is 1. The molecule has 0 fully saturated rings. The molecule has 0 unspecified atom stereocenters.